The van der Waals surface area contributed by atoms with Crippen molar-refractivity contribution >= 4 is 23.5 Å². The number of nitrogens with one attached hydrogen (secondary N) is 1. The summed E-state index contributed by atoms with van der Waals surface area (Å²) in [6.07, 6.45) is 5.29. The second-order valence-corrected chi connectivity index (χ2v) is 8.42. The lowest BCUT2D eigenvalue weighted by atomic mass is 9.86. The minimum atomic E-state index is -0.377. The lowest BCUT2D eigenvalue weighted by Crippen LogP contribution is -2.37. The minimum absolute atomic E-state index is 0.0872. The van der Waals surface area contributed by atoms with Gasteiger partial charge in [-0.25, -0.2) is 0 Å². The van der Waals surface area contributed by atoms with Crippen molar-refractivity contribution < 1.29 is 19.1 Å². The van der Waals surface area contributed by atoms with Gasteiger partial charge >= 0.3 is 5.97 Å². The summed E-state index contributed by atoms with van der Waals surface area (Å²) in [5.41, 5.74) is 2.75. The fraction of sp³-hybridized carbons (Fsp3) is 0.591. The average molecular weight is 386 g/mol. The molecule has 1 aromatic rings. The fourth-order valence-corrected chi connectivity index (χ4v) is 4.52. The van der Waals surface area contributed by atoms with E-state index < -0.39 is 0 Å². The van der Waals surface area contributed by atoms with Crippen LogP contribution in [0.2, 0.25) is 0 Å². The van der Waals surface area contributed by atoms with Crippen LogP contribution in [0.5, 0.6) is 0 Å². The van der Waals surface area contributed by atoms with Crippen LogP contribution in [0.25, 0.3) is 0 Å². The third-order valence-electron chi connectivity index (χ3n) is 6.14. The molecule has 2 saturated carbocycles. The zero-order valence-electron chi connectivity index (χ0n) is 17.0. The quantitative estimate of drug-likeness (QED) is 0.731. The van der Waals surface area contributed by atoms with Crippen LogP contribution in [0, 0.1) is 31.6 Å². The Kier molecular flexibility index (Phi) is 6.37. The molecule has 3 atom stereocenters. The molecular formula is C22H30N2O4. The molecule has 0 spiro atoms. The monoisotopic (exact) mass is 386 g/mol. The summed E-state index contributed by atoms with van der Waals surface area (Å²) < 4.78 is 5.17. The highest BCUT2D eigenvalue weighted by Gasteiger charge is 2.40. The average Bonchev–Trinajstić information content (AvgIpc) is 3.25. The van der Waals surface area contributed by atoms with Gasteiger partial charge in [0.15, 0.2) is 6.61 Å². The molecule has 1 aromatic carbocycles. The number of rotatable bonds is 7. The predicted octanol–water partition coefficient (Wildman–Crippen LogP) is 3.07. The van der Waals surface area contributed by atoms with E-state index in [-0.39, 0.29) is 30.9 Å². The van der Waals surface area contributed by atoms with Crippen LogP contribution in [0.1, 0.15) is 43.2 Å². The number of esters is 1. The zero-order valence-corrected chi connectivity index (χ0v) is 17.0. The maximum absolute atomic E-state index is 12.2. The summed E-state index contributed by atoms with van der Waals surface area (Å²) in [5.74, 6) is 0.896. The van der Waals surface area contributed by atoms with E-state index in [1.165, 1.54) is 31.2 Å². The molecule has 0 heterocycles. The van der Waals surface area contributed by atoms with Crippen LogP contribution >= 0.6 is 0 Å². The van der Waals surface area contributed by atoms with Gasteiger partial charge in [0, 0.05) is 19.2 Å². The standard InChI is InChI=1S/C22H30N2O4/c1-14-4-5-15(2)19(8-14)23-20(25)12-24(3)21(26)13-28-22(27)11-18-10-16-6-7-17(18)9-16/h4-5,8,16-18H,6-7,9-13H2,1-3H3,(H,23,25)/t16-,17-,18+/m1/s1. The first-order valence-electron chi connectivity index (χ1n) is 10.1. The summed E-state index contributed by atoms with van der Waals surface area (Å²) >= 11 is 0. The molecule has 2 amide bonds. The van der Waals surface area contributed by atoms with E-state index in [1.807, 2.05) is 32.0 Å². The molecule has 152 valence electrons. The predicted molar refractivity (Wildman–Crippen MR) is 107 cm³/mol. The van der Waals surface area contributed by atoms with Gasteiger partial charge in [0.05, 0.1) is 6.54 Å². The molecule has 2 aliphatic rings. The molecule has 0 unspecified atom stereocenters. The maximum Gasteiger partial charge on any atom is 0.306 e. The summed E-state index contributed by atoms with van der Waals surface area (Å²) in [4.78, 5) is 37.8. The second kappa shape index (κ2) is 8.76. The Hall–Kier alpha value is -2.37. The van der Waals surface area contributed by atoms with Gasteiger partial charge in [-0.05, 0) is 68.1 Å². The summed E-state index contributed by atoms with van der Waals surface area (Å²) in [6, 6.07) is 5.81. The van der Waals surface area contributed by atoms with Crippen LogP contribution in [-0.2, 0) is 19.1 Å². The molecule has 2 aliphatic carbocycles. The number of hydrogen-bond donors (Lipinski definition) is 1. The molecule has 0 aromatic heterocycles. The molecule has 6 heteroatoms. The highest BCUT2D eigenvalue weighted by atomic mass is 16.5. The Labute approximate surface area is 166 Å². The van der Waals surface area contributed by atoms with E-state index in [9.17, 15) is 14.4 Å². The largest absolute Gasteiger partial charge is 0.456 e. The Morgan fingerprint density at radius 2 is 1.96 bits per heavy atom. The first-order valence-corrected chi connectivity index (χ1v) is 10.1. The molecule has 0 radical (unpaired) electrons. The SMILES string of the molecule is Cc1ccc(C)c(NC(=O)CN(C)C(=O)COC(=O)C[C@@H]2C[C@@H]3CC[C@@H]2C3)c1. The van der Waals surface area contributed by atoms with Crippen LogP contribution in [0.4, 0.5) is 5.69 Å². The highest BCUT2D eigenvalue weighted by Crippen LogP contribution is 2.49. The number of fused-ring (bicyclic) bond motifs is 2. The highest BCUT2D eigenvalue weighted by molar-refractivity contribution is 5.95. The number of hydrogen-bond acceptors (Lipinski definition) is 4. The number of carbonyl (C=O) groups excluding carboxylic acids is 3. The van der Waals surface area contributed by atoms with Crippen molar-refractivity contribution in [2.45, 2.75) is 46.0 Å². The zero-order chi connectivity index (χ0) is 20.3. The smallest absolute Gasteiger partial charge is 0.306 e. The van der Waals surface area contributed by atoms with Crippen LogP contribution in [0.3, 0.4) is 0 Å². The third-order valence-corrected chi connectivity index (χ3v) is 6.14. The number of likely N-dealkylation sites (N-methyl/N-ethyl adjacent to an activating group) is 1. The van der Waals surface area contributed by atoms with Crippen LogP contribution in [-0.4, -0.2) is 42.9 Å². The number of ether oxygens (including phenoxy) is 1. The molecule has 0 aliphatic heterocycles. The molecule has 0 saturated heterocycles. The van der Waals surface area contributed by atoms with E-state index in [0.29, 0.717) is 18.3 Å². The Morgan fingerprint density at radius 3 is 2.64 bits per heavy atom. The number of anilines is 1. The first kappa shape index (κ1) is 20.4. The van der Waals surface area contributed by atoms with Gasteiger partial charge in [0.1, 0.15) is 0 Å². The fourth-order valence-electron chi connectivity index (χ4n) is 4.52. The van der Waals surface area contributed by atoms with Crippen molar-refractivity contribution in [2.24, 2.45) is 17.8 Å². The first-order chi connectivity index (χ1) is 13.3. The van der Waals surface area contributed by atoms with Crippen molar-refractivity contribution in [1.82, 2.24) is 4.90 Å². The third kappa shape index (κ3) is 5.12. The maximum atomic E-state index is 12.2. The van der Waals surface area contributed by atoms with Crippen LogP contribution < -0.4 is 5.32 Å². The van der Waals surface area contributed by atoms with Gasteiger partial charge in [0.2, 0.25) is 5.91 Å². The van der Waals surface area contributed by atoms with E-state index >= 15 is 0 Å². The van der Waals surface area contributed by atoms with Crippen molar-refractivity contribution in [3.63, 3.8) is 0 Å². The molecule has 6 nitrogen and oxygen atoms in total. The summed E-state index contributed by atoms with van der Waals surface area (Å²) in [7, 11) is 1.54. The lowest BCUT2D eigenvalue weighted by Gasteiger charge is -2.21. The minimum Gasteiger partial charge on any atom is -0.456 e. The van der Waals surface area contributed by atoms with E-state index in [2.05, 4.69) is 5.32 Å². The van der Waals surface area contributed by atoms with E-state index in [4.69, 9.17) is 4.74 Å². The summed E-state index contributed by atoms with van der Waals surface area (Å²) in [5, 5.41) is 2.82. The van der Waals surface area contributed by atoms with E-state index in [0.717, 1.165) is 29.2 Å². The topological polar surface area (TPSA) is 75.7 Å². The number of amides is 2. The molecule has 1 N–H and O–H groups in total. The van der Waals surface area contributed by atoms with Gasteiger partial charge in [-0.3, -0.25) is 14.4 Å². The van der Waals surface area contributed by atoms with Crippen molar-refractivity contribution in [3.8, 4) is 0 Å². The van der Waals surface area contributed by atoms with E-state index in [1.54, 1.807) is 0 Å². The number of nitrogens with zero attached hydrogens (tertiary/aromatic N) is 1. The van der Waals surface area contributed by atoms with Crippen molar-refractivity contribution in [2.75, 3.05) is 25.5 Å². The number of aryl methyl sites for hydroxylation is 2. The Balaban J connectivity index is 1.39. The molecule has 28 heavy (non-hydrogen) atoms. The molecule has 3 rings (SSSR count). The van der Waals surface area contributed by atoms with Gasteiger partial charge < -0.3 is 15.0 Å². The molecule has 2 bridgehead atoms. The van der Waals surface area contributed by atoms with Crippen molar-refractivity contribution in [1.29, 1.82) is 0 Å². The Morgan fingerprint density at radius 1 is 1.18 bits per heavy atom. The number of benzene rings is 1. The Bertz CT molecular complexity index is 761. The number of carbonyl (C=O) groups is 3. The molecular weight excluding hydrogens is 356 g/mol. The lowest BCUT2D eigenvalue weighted by molar-refractivity contribution is -0.152. The van der Waals surface area contributed by atoms with Gasteiger partial charge in [-0.15, -0.1) is 0 Å². The summed E-state index contributed by atoms with van der Waals surface area (Å²) in [6.45, 7) is 3.47. The van der Waals surface area contributed by atoms with Gasteiger partial charge in [0.25, 0.3) is 5.91 Å². The van der Waals surface area contributed by atoms with Crippen molar-refractivity contribution in [3.05, 3.63) is 29.3 Å². The van der Waals surface area contributed by atoms with Gasteiger partial charge in [-0.2, -0.15) is 0 Å². The molecule has 2 fully saturated rings. The van der Waals surface area contributed by atoms with Gasteiger partial charge in [-0.1, -0.05) is 18.6 Å². The second-order valence-electron chi connectivity index (χ2n) is 8.42. The normalized spacial score (nSPS) is 22.8. The van der Waals surface area contributed by atoms with Crippen LogP contribution in [0.15, 0.2) is 18.2 Å².